The minimum Gasteiger partial charge on any atom is -0.507 e. The molecule has 1 amide bonds. The highest BCUT2D eigenvalue weighted by atomic mass is 16.5. The average molecular weight is 462 g/mol. The average Bonchev–Trinajstić information content (AvgIpc) is 3.48. The summed E-state index contributed by atoms with van der Waals surface area (Å²) in [6, 6.07) is 16.2. The molecule has 3 aromatic rings. The predicted molar refractivity (Wildman–Crippen MR) is 128 cm³/mol. The molecule has 2 heterocycles. The van der Waals surface area contributed by atoms with Gasteiger partial charge in [0.1, 0.15) is 29.1 Å². The van der Waals surface area contributed by atoms with Crippen LogP contribution in [0.2, 0.25) is 0 Å². The van der Waals surface area contributed by atoms with Crippen molar-refractivity contribution in [1.29, 1.82) is 0 Å². The Morgan fingerprint density at radius 2 is 1.62 bits per heavy atom. The molecular formula is C27H27NO6. The zero-order valence-corrected chi connectivity index (χ0v) is 19.2. The van der Waals surface area contributed by atoms with Crippen molar-refractivity contribution in [1.82, 2.24) is 0 Å². The van der Waals surface area contributed by atoms with Crippen molar-refractivity contribution < 1.29 is 28.6 Å². The Labute approximate surface area is 198 Å². The molecule has 34 heavy (non-hydrogen) atoms. The van der Waals surface area contributed by atoms with Gasteiger partial charge in [-0.05, 0) is 49.2 Å². The summed E-state index contributed by atoms with van der Waals surface area (Å²) in [5, 5.41) is 11.2. The summed E-state index contributed by atoms with van der Waals surface area (Å²) < 4.78 is 17.0. The molecule has 7 nitrogen and oxygen atoms in total. The first-order chi connectivity index (χ1) is 16.5. The van der Waals surface area contributed by atoms with Gasteiger partial charge in [-0.15, -0.1) is 0 Å². The number of ether oxygens (including phenoxy) is 2. The van der Waals surface area contributed by atoms with Crippen LogP contribution in [-0.2, 0) is 9.59 Å². The number of anilines is 1. The van der Waals surface area contributed by atoms with Crippen LogP contribution in [0.4, 0.5) is 5.69 Å². The van der Waals surface area contributed by atoms with Gasteiger partial charge in [0, 0.05) is 17.3 Å². The third-order valence-electron chi connectivity index (χ3n) is 5.41. The molecule has 1 aromatic heterocycles. The van der Waals surface area contributed by atoms with Crippen LogP contribution in [0.1, 0.15) is 44.1 Å². The van der Waals surface area contributed by atoms with E-state index in [4.69, 9.17) is 13.9 Å². The Morgan fingerprint density at radius 1 is 0.941 bits per heavy atom. The van der Waals surface area contributed by atoms with Crippen molar-refractivity contribution in [3.63, 3.8) is 0 Å². The Kier molecular flexibility index (Phi) is 7.01. The molecule has 7 heteroatoms. The van der Waals surface area contributed by atoms with Gasteiger partial charge >= 0.3 is 0 Å². The second kappa shape index (κ2) is 10.3. The number of Topliss-reactive ketones (excluding diaryl/α,β-unsaturated/α-hetero) is 1. The summed E-state index contributed by atoms with van der Waals surface area (Å²) in [5.41, 5.74) is 0.798. The summed E-state index contributed by atoms with van der Waals surface area (Å²) >= 11 is 0. The number of aliphatic hydroxyl groups is 1. The molecule has 1 N–H and O–H groups in total. The van der Waals surface area contributed by atoms with Crippen LogP contribution in [0, 0.1) is 0 Å². The number of hydrogen-bond donors (Lipinski definition) is 1. The van der Waals surface area contributed by atoms with E-state index >= 15 is 0 Å². The van der Waals surface area contributed by atoms with Gasteiger partial charge in [0.15, 0.2) is 0 Å². The molecule has 4 rings (SSSR count). The number of ketones is 1. The van der Waals surface area contributed by atoms with Crippen LogP contribution in [0.15, 0.2) is 76.9 Å². The van der Waals surface area contributed by atoms with Gasteiger partial charge in [0.05, 0.1) is 25.1 Å². The van der Waals surface area contributed by atoms with Gasteiger partial charge in [-0.1, -0.05) is 32.0 Å². The number of aliphatic hydroxyl groups excluding tert-OH is 1. The van der Waals surface area contributed by atoms with Crippen LogP contribution >= 0.6 is 0 Å². The molecule has 1 aliphatic heterocycles. The number of furan rings is 1. The quantitative estimate of drug-likeness (QED) is 0.258. The maximum Gasteiger partial charge on any atom is 0.300 e. The second-order valence-corrected chi connectivity index (χ2v) is 7.91. The van der Waals surface area contributed by atoms with E-state index in [0.717, 1.165) is 12.8 Å². The first-order valence-electron chi connectivity index (χ1n) is 11.4. The summed E-state index contributed by atoms with van der Waals surface area (Å²) in [7, 11) is 0. The van der Waals surface area contributed by atoms with E-state index in [2.05, 4.69) is 0 Å². The van der Waals surface area contributed by atoms with Gasteiger partial charge in [0.2, 0.25) is 0 Å². The van der Waals surface area contributed by atoms with E-state index in [0.29, 0.717) is 41.7 Å². The Balaban J connectivity index is 1.81. The molecule has 1 atom stereocenters. The molecule has 0 spiro atoms. The lowest BCUT2D eigenvalue weighted by atomic mass is 9.99. The van der Waals surface area contributed by atoms with Crippen molar-refractivity contribution in [2.75, 3.05) is 18.1 Å². The van der Waals surface area contributed by atoms with Gasteiger partial charge < -0.3 is 19.0 Å². The van der Waals surface area contributed by atoms with Gasteiger partial charge in [-0.3, -0.25) is 14.5 Å². The number of benzene rings is 2. The van der Waals surface area contributed by atoms with E-state index in [1.807, 2.05) is 13.8 Å². The van der Waals surface area contributed by atoms with Crippen LogP contribution < -0.4 is 14.4 Å². The smallest absolute Gasteiger partial charge is 0.300 e. The van der Waals surface area contributed by atoms with Crippen molar-refractivity contribution >= 4 is 23.1 Å². The molecule has 0 saturated carbocycles. The Bertz CT molecular complexity index is 1200. The molecule has 0 radical (unpaired) electrons. The zero-order chi connectivity index (χ0) is 24.1. The molecule has 0 aliphatic carbocycles. The fourth-order valence-electron chi connectivity index (χ4n) is 3.87. The fourth-order valence-corrected chi connectivity index (χ4v) is 3.87. The third-order valence-corrected chi connectivity index (χ3v) is 5.41. The Hall–Kier alpha value is -4.00. The minimum atomic E-state index is -0.934. The van der Waals surface area contributed by atoms with Crippen LogP contribution in [-0.4, -0.2) is 30.0 Å². The molecule has 1 aliphatic rings. The number of amides is 1. The molecule has 176 valence electrons. The Morgan fingerprint density at radius 3 is 2.26 bits per heavy atom. The molecule has 2 aromatic carbocycles. The van der Waals surface area contributed by atoms with Gasteiger partial charge in [0.25, 0.3) is 11.7 Å². The topological polar surface area (TPSA) is 89.2 Å². The standard InChI is InChI=1S/C27H27NO6/c1-3-13-32-20-10-5-8-18(16-20)25(29)23-24(22-12-7-15-34-22)28(27(31)26(23)30)19-9-6-11-21(17-19)33-14-4-2/h5-12,15-17,24,29H,3-4,13-14H2,1-2H3/b25-23-. The SMILES string of the molecule is CCCOc1cccc(/C(O)=C2/C(=O)C(=O)N(c3cccc(OCCC)c3)C2c2ccco2)c1. The highest BCUT2D eigenvalue weighted by molar-refractivity contribution is 6.51. The van der Waals surface area contributed by atoms with Crippen molar-refractivity contribution in [2.45, 2.75) is 32.7 Å². The first kappa shape index (κ1) is 23.2. The highest BCUT2D eigenvalue weighted by Gasteiger charge is 2.48. The zero-order valence-electron chi connectivity index (χ0n) is 19.2. The molecule has 0 bridgehead atoms. The normalized spacial score (nSPS) is 17.2. The van der Waals surface area contributed by atoms with Crippen molar-refractivity contribution in [2.24, 2.45) is 0 Å². The largest absolute Gasteiger partial charge is 0.507 e. The lowest BCUT2D eigenvalue weighted by Gasteiger charge is -2.24. The van der Waals surface area contributed by atoms with E-state index in [9.17, 15) is 14.7 Å². The maximum atomic E-state index is 13.2. The maximum absolute atomic E-state index is 13.2. The number of carbonyl (C=O) groups is 2. The van der Waals surface area contributed by atoms with E-state index < -0.39 is 17.7 Å². The molecule has 1 fully saturated rings. The number of carbonyl (C=O) groups excluding carboxylic acids is 2. The summed E-state index contributed by atoms with van der Waals surface area (Å²) in [4.78, 5) is 27.8. The van der Waals surface area contributed by atoms with Crippen molar-refractivity contribution in [3.05, 3.63) is 83.8 Å². The predicted octanol–water partition coefficient (Wildman–Crippen LogP) is 5.48. The summed E-state index contributed by atoms with van der Waals surface area (Å²) in [5.74, 6) is -0.329. The molecule has 1 unspecified atom stereocenters. The molecular weight excluding hydrogens is 434 g/mol. The lowest BCUT2D eigenvalue weighted by Crippen LogP contribution is -2.29. The fraction of sp³-hybridized carbons (Fsp3) is 0.259. The molecule has 1 saturated heterocycles. The van der Waals surface area contributed by atoms with Crippen LogP contribution in [0.25, 0.3) is 5.76 Å². The van der Waals surface area contributed by atoms with Crippen molar-refractivity contribution in [3.8, 4) is 11.5 Å². The minimum absolute atomic E-state index is 0.0486. The van der Waals surface area contributed by atoms with E-state index in [1.54, 1.807) is 60.7 Å². The summed E-state index contributed by atoms with van der Waals surface area (Å²) in [6.45, 7) is 5.05. The number of nitrogens with zero attached hydrogens (tertiary/aromatic N) is 1. The number of rotatable bonds is 9. The number of hydrogen-bond acceptors (Lipinski definition) is 6. The van der Waals surface area contributed by atoms with Crippen LogP contribution in [0.5, 0.6) is 11.5 Å². The van der Waals surface area contributed by atoms with E-state index in [1.165, 1.54) is 11.2 Å². The third kappa shape index (κ3) is 4.55. The first-order valence-corrected chi connectivity index (χ1v) is 11.4. The van der Waals surface area contributed by atoms with Gasteiger partial charge in [-0.25, -0.2) is 0 Å². The second-order valence-electron chi connectivity index (χ2n) is 7.91. The monoisotopic (exact) mass is 461 g/mol. The van der Waals surface area contributed by atoms with Crippen LogP contribution in [0.3, 0.4) is 0 Å². The summed E-state index contributed by atoms with van der Waals surface area (Å²) in [6.07, 6.45) is 3.14. The highest BCUT2D eigenvalue weighted by Crippen LogP contribution is 2.43. The van der Waals surface area contributed by atoms with E-state index in [-0.39, 0.29) is 11.3 Å². The van der Waals surface area contributed by atoms with Gasteiger partial charge in [-0.2, -0.15) is 0 Å². The lowest BCUT2D eigenvalue weighted by molar-refractivity contribution is -0.132.